The minimum atomic E-state index is -1.36. The number of fused-ring (bicyclic) bond motifs is 6. The number of nitrogens with zero attached hydrogens (tertiary/aromatic N) is 2. The lowest BCUT2D eigenvalue weighted by molar-refractivity contribution is 0.660. The van der Waals surface area contributed by atoms with Crippen LogP contribution in [0, 0.1) is 0 Å². The summed E-state index contributed by atoms with van der Waals surface area (Å²) in [5.41, 5.74) is 0.484. The first-order valence-corrected chi connectivity index (χ1v) is 15.1. The largest absolute Gasteiger partial charge is 0.296 e. The number of hydrogen-bond acceptors (Lipinski definition) is 1. The summed E-state index contributed by atoms with van der Waals surface area (Å²) in [6, 6.07) is 6.14. The summed E-state index contributed by atoms with van der Waals surface area (Å²) in [6.07, 6.45) is 0.491. The van der Waals surface area contributed by atoms with Crippen molar-refractivity contribution in [1.82, 2.24) is 9.55 Å². The van der Waals surface area contributed by atoms with E-state index in [0.717, 1.165) is 5.52 Å². The van der Waals surface area contributed by atoms with Crippen LogP contribution in [0.1, 0.15) is 58.3 Å². The summed E-state index contributed by atoms with van der Waals surface area (Å²) in [6.45, 7) is 5.22. The molecule has 0 atom stereocenters. The van der Waals surface area contributed by atoms with Crippen molar-refractivity contribution in [2.75, 3.05) is 0 Å². The van der Waals surface area contributed by atoms with E-state index in [0.29, 0.717) is 29.0 Å². The summed E-state index contributed by atoms with van der Waals surface area (Å²) in [7, 11) is 0. The molecular formula is C44H34N2. The molecule has 1 heterocycles. The van der Waals surface area contributed by atoms with Crippen molar-refractivity contribution in [3.63, 3.8) is 0 Å². The molecule has 0 radical (unpaired) electrons. The van der Waals surface area contributed by atoms with Crippen molar-refractivity contribution in [1.29, 1.82) is 0 Å². The van der Waals surface area contributed by atoms with Crippen LogP contribution < -0.4 is 0 Å². The molecule has 0 fully saturated rings. The van der Waals surface area contributed by atoms with Crippen LogP contribution in [0.4, 0.5) is 0 Å². The SMILES string of the molecule is [2H]c1c([2H])c([2H])c2c(c1[2H])-c1c([2H])c([2H])c(-c3c4c([2H])c([2H])c([2H])c([2H])c4c(-c4ccccc4-n4c(CC)nc5ccccc54)c4c([2H])c([2H])c([2H])c([2H])c34)c([2H])c1C2(C)C. The summed E-state index contributed by atoms with van der Waals surface area (Å²) in [5.74, 6) is 0.659. The number of imidazole rings is 1. The highest BCUT2D eigenvalue weighted by molar-refractivity contribution is 6.22. The molecule has 7 aromatic carbocycles. The summed E-state index contributed by atoms with van der Waals surface area (Å²) < 4.78 is 139. The third-order valence-corrected chi connectivity index (χ3v) is 8.99. The van der Waals surface area contributed by atoms with Crippen LogP contribution in [-0.4, -0.2) is 9.55 Å². The lowest BCUT2D eigenvalue weighted by Gasteiger charge is -2.23. The second-order valence-corrected chi connectivity index (χ2v) is 11.8. The number of hydrogen-bond donors (Lipinski definition) is 0. The van der Waals surface area contributed by atoms with Crippen LogP contribution in [0.5, 0.6) is 0 Å². The van der Waals surface area contributed by atoms with Gasteiger partial charge in [0.25, 0.3) is 0 Å². The topological polar surface area (TPSA) is 17.8 Å². The summed E-state index contributed by atoms with van der Waals surface area (Å²) in [4.78, 5) is 4.85. The second kappa shape index (κ2) is 10.0. The maximum Gasteiger partial charge on any atom is 0.114 e. The van der Waals surface area contributed by atoms with Gasteiger partial charge in [0.2, 0.25) is 0 Å². The molecule has 9 rings (SSSR count). The molecule has 1 aliphatic carbocycles. The molecule has 0 spiro atoms. The Morgan fingerprint density at radius 1 is 0.630 bits per heavy atom. The molecule has 0 saturated heterocycles. The maximum atomic E-state index is 9.93. The normalized spacial score (nSPS) is 17.9. The Hall–Kier alpha value is -5.47. The fraction of sp³-hybridized carbons (Fsp3) is 0.114. The van der Waals surface area contributed by atoms with Crippen molar-refractivity contribution in [3.05, 3.63) is 156 Å². The highest BCUT2D eigenvalue weighted by Crippen LogP contribution is 2.51. The number of aryl methyl sites for hydroxylation is 1. The van der Waals surface area contributed by atoms with Gasteiger partial charge in [0, 0.05) is 17.4 Å². The predicted octanol–water partition coefficient (Wildman–Crippen LogP) is 11.5. The van der Waals surface area contributed by atoms with Gasteiger partial charge in [0.1, 0.15) is 5.82 Å². The quantitative estimate of drug-likeness (QED) is 0.182. The monoisotopic (exact) mass is 605 g/mol. The number of aromatic nitrogens is 2. The minimum Gasteiger partial charge on any atom is -0.296 e. The highest BCUT2D eigenvalue weighted by Gasteiger charge is 2.35. The molecule has 0 saturated carbocycles. The first-order valence-electron chi connectivity index (χ1n) is 22.6. The zero-order valence-electron chi connectivity index (χ0n) is 40.2. The molecule has 0 N–H and O–H groups in total. The number of rotatable bonds is 4. The molecule has 0 bridgehead atoms. The van der Waals surface area contributed by atoms with Crippen molar-refractivity contribution in [2.45, 2.75) is 32.6 Å². The average Bonchev–Trinajstić information content (AvgIpc) is 3.75. The van der Waals surface area contributed by atoms with E-state index in [2.05, 4.69) is 0 Å². The first kappa shape index (κ1) is 15.7. The molecule has 220 valence electrons. The minimum absolute atomic E-state index is 0.0199. The molecule has 0 amide bonds. The van der Waals surface area contributed by atoms with Crippen LogP contribution >= 0.6 is 0 Å². The van der Waals surface area contributed by atoms with Crippen LogP contribution in [0.2, 0.25) is 0 Å². The van der Waals surface area contributed by atoms with Crippen molar-refractivity contribution in [2.24, 2.45) is 0 Å². The lowest BCUT2D eigenvalue weighted by atomic mass is 9.80. The van der Waals surface area contributed by atoms with Gasteiger partial charge in [-0.05, 0) is 84.7 Å². The maximum absolute atomic E-state index is 9.93. The highest BCUT2D eigenvalue weighted by atomic mass is 15.1. The molecule has 2 heteroatoms. The smallest absolute Gasteiger partial charge is 0.114 e. The standard InChI is InChI=1S/C44H34N2/c1-4-41-45-38-22-12-14-24-40(38)46(41)39-23-13-10-20-35(39)43-33-18-7-5-16-31(33)42(32-17-6-8-19-34(32)43)28-25-26-30-29-15-9-11-21-36(29)44(2,3)37(30)27-28/h5-27H,4H2,1-3H3/i5D,6D,7D,8D,9D,11D,15D,16D,17D,18D,19D,21D,25D,26D,27D. The molecule has 0 unspecified atom stereocenters. The van der Waals surface area contributed by atoms with Crippen LogP contribution in [0.15, 0.2) is 139 Å². The van der Waals surface area contributed by atoms with Crippen LogP contribution in [0.3, 0.4) is 0 Å². The Morgan fingerprint density at radius 2 is 1.24 bits per heavy atom. The second-order valence-electron chi connectivity index (χ2n) is 11.8. The molecule has 1 aromatic heterocycles. The van der Waals surface area contributed by atoms with E-state index < -0.39 is 90.0 Å². The molecule has 1 aliphatic rings. The Kier molecular flexibility index (Phi) is 3.42. The van der Waals surface area contributed by atoms with E-state index in [9.17, 15) is 9.60 Å². The Balaban J connectivity index is 1.55. The lowest BCUT2D eigenvalue weighted by Crippen LogP contribution is -2.14. The van der Waals surface area contributed by atoms with Gasteiger partial charge in [-0.3, -0.25) is 4.57 Å². The van der Waals surface area contributed by atoms with Gasteiger partial charge in [-0.1, -0.05) is 136 Å². The van der Waals surface area contributed by atoms with E-state index in [-0.39, 0.29) is 66.5 Å². The third-order valence-electron chi connectivity index (χ3n) is 8.99. The van der Waals surface area contributed by atoms with Crippen molar-refractivity contribution < 1.29 is 20.6 Å². The Morgan fingerprint density at radius 3 is 1.98 bits per heavy atom. The van der Waals surface area contributed by atoms with Gasteiger partial charge in [0.05, 0.1) is 37.3 Å². The van der Waals surface area contributed by atoms with Crippen molar-refractivity contribution in [3.8, 4) is 39.1 Å². The number of benzene rings is 7. The van der Waals surface area contributed by atoms with E-state index in [1.54, 1.807) is 38.1 Å². The molecule has 0 aliphatic heterocycles. The zero-order chi connectivity index (χ0) is 44.0. The zero-order valence-corrected chi connectivity index (χ0v) is 25.2. The van der Waals surface area contributed by atoms with Gasteiger partial charge in [-0.25, -0.2) is 4.98 Å². The van der Waals surface area contributed by atoms with E-state index >= 15 is 0 Å². The Bertz CT molecular complexity index is 3250. The Labute approximate surface area is 290 Å². The van der Waals surface area contributed by atoms with Gasteiger partial charge in [-0.15, -0.1) is 0 Å². The first-order chi connectivity index (χ1) is 28.8. The molecule has 46 heavy (non-hydrogen) atoms. The molecular weight excluding hydrogens is 556 g/mol. The van der Waals surface area contributed by atoms with Gasteiger partial charge < -0.3 is 0 Å². The number of para-hydroxylation sites is 3. The van der Waals surface area contributed by atoms with E-state index in [4.69, 9.17) is 16.0 Å². The summed E-state index contributed by atoms with van der Waals surface area (Å²) in [5, 5.41) is -0.750. The van der Waals surface area contributed by atoms with Gasteiger partial charge in [-0.2, -0.15) is 0 Å². The third kappa shape index (κ3) is 3.74. The molecule has 8 aromatic rings. The predicted molar refractivity (Wildman–Crippen MR) is 194 cm³/mol. The summed E-state index contributed by atoms with van der Waals surface area (Å²) >= 11 is 0. The van der Waals surface area contributed by atoms with Crippen LogP contribution in [-0.2, 0) is 11.8 Å². The van der Waals surface area contributed by atoms with Gasteiger partial charge >= 0.3 is 0 Å². The fourth-order valence-electron chi connectivity index (χ4n) is 6.89. The van der Waals surface area contributed by atoms with Gasteiger partial charge in [0.15, 0.2) is 0 Å². The van der Waals surface area contributed by atoms with Crippen molar-refractivity contribution >= 4 is 32.6 Å². The van der Waals surface area contributed by atoms with Crippen LogP contribution in [0.25, 0.3) is 71.6 Å². The fourth-order valence-corrected chi connectivity index (χ4v) is 6.89. The van der Waals surface area contributed by atoms with E-state index in [1.165, 1.54) is 0 Å². The van der Waals surface area contributed by atoms with E-state index in [1.807, 2.05) is 35.8 Å². The average molecular weight is 606 g/mol. The molecule has 2 nitrogen and oxygen atoms in total.